The summed E-state index contributed by atoms with van der Waals surface area (Å²) in [7, 11) is 0. The van der Waals surface area contributed by atoms with Crippen LogP contribution in [0.15, 0.2) is 18.2 Å². The van der Waals surface area contributed by atoms with Crippen LogP contribution in [0.25, 0.3) is 6.08 Å². The molecule has 0 saturated heterocycles. The fourth-order valence-corrected chi connectivity index (χ4v) is 1.30. The van der Waals surface area contributed by atoms with Crippen molar-refractivity contribution in [3.63, 3.8) is 0 Å². The zero-order valence-corrected chi connectivity index (χ0v) is 9.34. The predicted molar refractivity (Wildman–Crippen MR) is 59.8 cm³/mol. The van der Waals surface area contributed by atoms with Gasteiger partial charge in [0.1, 0.15) is 11.8 Å². The van der Waals surface area contributed by atoms with Crippen molar-refractivity contribution in [3.05, 3.63) is 34.9 Å². The number of carbonyl (C=O) groups is 2. The standard InChI is InChI=1S/C12H7F2NO4/c13-12(14)19-10-4-9(6-16)7(1-2-11(17)18)3-8(10)5-15/h1-4,6,12H,(H,17,18)/b2-1+. The lowest BCUT2D eigenvalue weighted by molar-refractivity contribution is -0.131. The molecule has 0 aromatic heterocycles. The summed E-state index contributed by atoms with van der Waals surface area (Å²) in [5, 5.41) is 17.3. The predicted octanol–water partition coefficient (Wildman–Crippen LogP) is 2.07. The lowest BCUT2D eigenvalue weighted by Gasteiger charge is -2.08. The Morgan fingerprint density at radius 3 is 2.58 bits per heavy atom. The van der Waals surface area contributed by atoms with Crippen LogP contribution in [-0.2, 0) is 4.79 Å². The molecule has 5 nitrogen and oxygen atoms in total. The molecule has 0 aliphatic rings. The Balaban J connectivity index is 3.31. The summed E-state index contributed by atoms with van der Waals surface area (Å²) < 4.78 is 28.3. The molecule has 0 aliphatic heterocycles. The average Bonchev–Trinajstić information content (AvgIpc) is 2.35. The van der Waals surface area contributed by atoms with E-state index in [1.165, 1.54) is 0 Å². The fraction of sp³-hybridized carbons (Fsp3) is 0.0833. The normalized spacial score (nSPS) is 10.4. The van der Waals surface area contributed by atoms with Gasteiger partial charge in [-0.3, -0.25) is 4.79 Å². The number of benzene rings is 1. The molecule has 0 spiro atoms. The molecular weight excluding hydrogens is 260 g/mol. The van der Waals surface area contributed by atoms with E-state index in [0.717, 1.165) is 24.3 Å². The van der Waals surface area contributed by atoms with Gasteiger partial charge in [-0.25, -0.2) is 4.79 Å². The van der Waals surface area contributed by atoms with E-state index in [1.54, 1.807) is 6.07 Å². The molecule has 0 saturated carbocycles. The van der Waals surface area contributed by atoms with Gasteiger partial charge in [0.05, 0.1) is 5.56 Å². The minimum atomic E-state index is -3.13. The van der Waals surface area contributed by atoms with Gasteiger partial charge in [-0.2, -0.15) is 14.0 Å². The van der Waals surface area contributed by atoms with Crippen molar-refractivity contribution in [3.8, 4) is 11.8 Å². The number of hydrogen-bond acceptors (Lipinski definition) is 4. The SMILES string of the molecule is N#Cc1cc(/C=C/C(=O)O)c(C=O)cc1OC(F)F. The first-order chi connectivity index (χ1) is 8.97. The Morgan fingerprint density at radius 2 is 2.11 bits per heavy atom. The smallest absolute Gasteiger partial charge is 0.387 e. The van der Waals surface area contributed by atoms with Crippen molar-refractivity contribution >= 4 is 18.3 Å². The van der Waals surface area contributed by atoms with Crippen molar-refractivity contribution in [1.82, 2.24) is 0 Å². The van der Waals surface area contributed by atoms with Crippen LogP contribution in [-0.4, -0.2) is 24.0 Å². The number of aliphatic carboxylic acids is 1. The molecule has 0 radical (unpaired) electrons. The highest BCUT2D eigenvalue weighted by atomic mass is 19.3. The number of nitrogens with zero attached hydrogens (tertiary/aromatic N) is 1. The monoisotopic (exact) mass is 267 g/mol. The van der Waals surface area contributed by atoms with Crippen LogP contribution in [0.5, 0.6) is 5.75 Å². The first-order valence-electron chi connectivity index (χ1n) is 4.87. The van der Waals surface area contributed by atoms with Crippen LogP contribution in [0.2, 0.25) is 0 Å². The number of hydrogen-bond donors (Lipinski definition) is 1. The number of carbonyl (C=O) groups excluding carboxylic acids is 1. The zero-order chi connectivity index (χ0) is 14.4. The van der Waals surface area contributed by atoms with E-state index in [-0.39, 0.29) is 16.7 Å². The molecule has 1 rings (SSSR count). The Hall–Kier alpha value is -2.75. The average molecular weight is 267 g/mol. The number of carboxylic acid groups (broad SMARTS) is 1. The van der Waals surface area contributed by atoms with Crippen LogP contribution in [0.1, 0.15) is 21.5 Å². The first kappa shape index (κ1) is 14.3. The summed E-state index contributed by atoms with van der Waals surface area (Å²) in [5.41, 5.74) is -0.168. The number of carboxylic acids is 1. The lowest BCUT2D eigenvalue weighted by atomic mass is 10.0. The largest absolute Gasteiger partial charge is 0.478 e. The molecule has 0 unspecified atom stereocenters. The molecule has 0 heterocycles. The molecule has 1 aromatic carbocycles. The van der Waals surface area contributed by atoms with Crippen molar-refractivity contribution in [2.24, 2.45) is 0 Å². The molecule has 0 aliphatic carbocycles. The van der Waals surface area contributed by atoms with E-state index in [9.17, 15) is 18.4 Å². The second kappa shape index (κ2) is 6.26. The molecule has 19 heavy (non-hydrogen) atoms. The minimum Gasteiger partial charge on any atom is -0.478 e. The van der Waals surface area contributed by atoms with Gasteiger partial charge in [0, 0.05) is 11.6 Å². The molecule has 1 N–H and O–H groups in total. The number of nitriles is 1. The third-order valence-electron chi connectivity index (χ3n) is 2.05. The van der Waals surface area contributed by atoms with Crippen molar-refractivity contribution in [2.45, 2.75) is 6.61 Å². The van der Waals surface area contributed by atoms with Crippen LogP contribution in [0.4, 0.5) is 8.78 Å². The van der Waals surface area contributed by atoms with Gasteiger partial charge in [-0.1, -0.05) is 0 Å². The number of rotatable bonds is 5. The summed E-state index contributed by atoms with van der Waals surface area (Å²) >= 11 is 0. The summed E-state index contributed by atoms with van der Waals surface area (Å²) in [6.45, 7) is -3.13. The second-order valence-electron chi connectivity index (χ2n) is 3.26. The minimum absolute atomic E-state index is 0.0628. The third kappa shape index (κ3) is 3.89. The quantitative estimate of drug-likeness (QED) is 0.651. The number of alkyl halides is 2. The molecule has 0 bridgehead atoms. The van der Waals surface area contributed by atoms with Gasteiger partial charge in [0.15, 0.2) is 6.29 Å². The molecule has 0 fully saturated rings. The highest BCUT2D eigenvalue weighted by molar-refractivity contribution is 5.89. The first-order valence-corrected chi connectivity index (χ1v) is 4.87. The Labute approximate surface area is 106 Å². The molecule has 0 atom stereocenters. The molecular formula is C12H7F2NO4. The van der Waals surface area contributed by atoms with Gasteiger partial charge in [-0.15, -0.1) is 0 Å². The summed E-state index contributed by atoms with van der Waals surface area (Å²) in [4.78, 5) is 21.2. The highest BCUT2D eigenvalue weighted by Crippen LogP contribution is 2.25. The molecule has 0 amide bonds. The van der Waals surface area contributed by atoms with Crippen molar-refractivity contribution in [1.29, 1.82) is 5.26 Å². The summed E-state index contributed by atoms with van der Waals surface area (Å²) in [6, 6.07) is 3.68. The Bertz CT molecular complexity index is 576. The van der Waals surface area contributed by atoms with Crippen LogP contribution in [0.3, 0.4) is 0 Å². The highest BCUT2D eigenvalue weighted by Gasteiger charge is 2.13. The van der Waals surface area contributed by atoms with Gasteiger partial charge in [-0.05, 0) is 23.8 Å². The Morgan fingerprint density at radius 1 is 1.42 bits per heavy atom. The van der Waals surface area contributed by atoms with E-state index < -0.39 is 18.3 Å². The van der Waals surface area contributed by atoms with Crippen molar-refractivity contribution in [2.75, 3.05) is 0 Å². The Kier molecular flexibility index (Phi) is 4.71. The number of ether oxygens (including phenoxy) is 1. The topological polar surface area (TPSA) is 87.4 Å². The van der Waals surface area contributed by atoms with Crippen molar-refractivity contribution < 1.29 is 28.2 Å². The lowest BCUT2D eigenvalue weighted by Crippen LogP contribution is -2.05. The summed E-state index contributed by atoms with van der Waals surface area (Å²) in [5.74, 6) is -1.68. The molecule has 98 valence electrons. The third-order valence-corrected chi connectivity index (χ3v) is 2.05. The maximum absolute atomic E-state index is 12.1. The van der Waals surface area contributed by atoms with Gasteiger partial charge < -0.3 is 9.84 Å². The molecule has 1 aromatic rings. The van der Waals surface area contributed by atoms with Gasteiger partial charge in [0.25, 0.3) is 0 Å². The number of aldehydes is 1. The van der Waals surface area contributed by atoms with Gasteiger partial charge in [0.2, 0.25) is 0 Å². The van der Waals surface area contributed by atoms with E-state index >= 15 is 0 Å². The second-order valence-corrected chi connectivity index (χ2v) is 3.26. The van der Waals surface area contributed by atoms with Crippen LogP contribution >= 0.6 is 0 Å². The zero-order valence-electron chi connectivity index (χ0n) is 9.34. The van der Waals surface area contributed by atoms with E-state index in [4.69, 9.17) is 10.4 Å². The van der Waals surface area contributed by atoms with E-state index in [2.05, 4.69) is 4.74 Å². The maximum Gasteiger partial charge on any atom is 0.387 e. The number of halogens is 2. The molecule has 7 heteroatoms. The van der Waals surface area contributed by atoms with E-state index in [0.29, 0.717) is 6.29 Å². The van der Waals surface area contributed by atoms with Gasteiger partial charge >= 0.3 is 12.6 Å². The van der Waals surface area contributed by atoms with E-state index in [1.807, 2.05) is 0 Å². The maximum atomic E-state index is 12.1. The van der Waals surface area contributed by atoms with Crippen LogP contribution < -0.4 is 4.74 Å². The summed E-state index contributed by atoms with van der Waals surface area (Å²) in [6.07, 6.45) is 2.19. The fourth-order valence-electron chi connectivity index (χ4n) is 1.30. The van der Waals surface area contributed by atoms with Crippen LogP contribution in [0, 0.1) is 11.3 Å².